The first kappa shape index (κ1) is 13.3. The molecule has 0 saturated carbocycles. The van der Waals surface area contributed by atoms with Crippen molar-refractivity contribution >= 4 is 15.7 Å². The van der Waals surface area contributed by atoms with E-state index in [0.29, 0.717) is 6.54 Å². The number of nitrogens with zero attached hydrogens (tertiary/aromatic N) is 2. The Bertz CT molecular complexity index is 518. The number of hydrogen-bond donors (Lipinski definition) is 2. The van der Waals surface area contributed by atoms with E-state index in [-0.39, 0.29) is 16.8 Å². The third-order valence-corrected chi connectivity index (χ3v) is 4.50. The van der Waals surface area contributed by atoms with Crippen LogP contribution in [0.1, 0.15) is 12.8 Å². The molecule has 18 heavy (non-hydrogen) atoms. The molecule has 3 N–H and O–H groups in total. The molecule has 1 aliphatic rings. The van der Waals surface area contributed by atoms with Gasteiger partial charge in [0, 0.05) is 18.8 Å². The van der Waals surface area contributed by atoms with Gasteiger partial charge in [0.2, 0.25) is 0 Å². The maximum absolute atomic E-state index is 12.2. The molecule has 2 rings (SSSR count). The summed E-state index contributed by atoms with van der Waals surface area (Å²) < 4.78 is 27.0. The van der Waals surface area contributed by atoms with Crippen LogP contribution in [0.15, 0.2) is 23.4 Å². The molecule has 1 aromatic heterocycles. The Kier molecular flexibility index (Phi) is 3.84. The number of nitrogens with one attached hydrogen (secondary N) is 1. The highest BCUT2D eigenvalue weighted by Crippen LogP contribution is 2.16. The normalized spacial score (nSPS) is 21.9. The van der Waals surface area contributed by atoms with Crippen molar-refractivity contribution in [3.8, 4) is 0 Å². The quantitative estimate of drug-likeness (QED) is 0.809. The highest BCUT2D eigenvalue weighted by atomic mass is 32.2. The lowest BCUT2D eigenvalue weighted by atomic mass is 10.1. The second kappa shape index (κ2) is 5.21. The lowest BCUT2D eigenvalue weighted by molar-refractivity contribution is 0.242. The summed E-state index contributed by atoms with van der Waals surface area (Å²) in [7, 11) is -1.65. The Morgan fingerprint density at radius 1 is 1.56 bits per heavy atom. The van der Waals surface area contributed by atoms with Crippen LogP contribution in [0.3, 0.4) is 0 Å². The van der Waals surface area contributed by atoms with E-state index < -0.39 is 10.0 Å². The summed E-state index contributed by atoms with van der Waals surface area (Å²) in [6.45, 7) is 1.72. The van der Waals surface area contributed by atoms with E-state index in [1.807, 2.05) is 7.05 Å². The average Bonchev–Trinajstić information content (AvgIpc) is 2.28. The monoisotopic (exact) mass is 270 g/mol. The number of likely N-dealkylation sites (tertiary alicyclic amines) is 1. The first-order valence-electron chi connectivity index (χ1n) is 5.90. The molecule has 0 radical (unpaired) electrons. The van der Waals surface area contributed by atoms with Crippen molar-refractivity contribution in [2.24, 2.45) is 0 Å². The molecular formula is C11H18N4O2S. The van der Waals surface area contributed by atoms with Gasteiger partial charge in [-0.1, -0.05) is 0 Å². The molecule has 0 aliphatic carbocycles. The van der Waals surface area contributed by atoms with Gasteiger partial charge in [-0.05, 0) is 38.6 Å². The predicted molar refractivity (Wildman–Crippen MR) is 69.5 cm³/mol. The van der Waals surface area contributed by atoms with E-state index in [4.69, 9.17) is 5.73 Å². The third-order valence-electron chi connectivity index (χ3n) is 3.00. The lowest BCUT2D eigenvalue weighted by Crippen LogP contribution is -2.46. The number of hydrogen-bond acceptors (Lipinski definition) is 5. The molecule has 6 nitrogen and oxygen atoms in total. The van der Waals surface area contributed by atoms with E-state index in [1.54, 1.807) is 6.07 Å². The van der Waals surface area contributed by atoms with Crippen LogP contribution in [0.4, 0.5) is 5.69 Å². The van der Waals surface area contributed by atoms with Gasteiger partial charge in [0.15, 0.2) is 5.03 Å². The number of piperidine rings is 1. The topological polar surface area (TPSA) is 88.3 Å². The lowest BCUT2D eigenvalue weighted by Gasteiger charge is -2.29. The summed E-state index contributed by atoms with van der Waals surface area (Å²) in [5.74, 6) is 0. The van der Waals surface area contributed by atoms with E-state index >= 15 is 0 Å². The first-order valence-corrected chi connectivity index (χ1v) is 7.39. The number of nitrogen functional groups attached to an aromatic ring is 1. The maximum Gasteiger partial charge on any atom is 0.260 e. The summed E-state index contributed by atoms with van der Waals surface area (Å²) in [6, 6.07) is 3.08. The zero-order valence-electron chi connectivity index (χ0n) is 10.3. The van der Waals surface area contributed by atoms with E-state index in [1.165, 1.54) is 12.3 Å². The van der Waals surface area contributed by atoms with Crippen LogP contribution in [0.5, 0.6) is 0 Å². The molecule has 2 heterocycles. The fourth-order valence-electron chi connectivity index (χ4n) is 2.17. The number of anilines is 1. The van der Waals surface area contributed by atoms with Crippen LogP contribution in [-0.4, -0.2) is 44.5 Å². The number of likely N-dealkylation sites (N-methyl/N-ethyl adjacent to an activating group) is 1. The van der Waals surface area contributed by atoms with Crippen LogP contribution in [0, 0.1) is 0 Å². The number of sulfonamides is 1. The molecule has 0 bridgehead atoms. The van der Waals surface area contributed by atoms with Crippen molar-refractivity contribution < 1.29 is 8.42 Å². The largest absolute Gasteiger partial charge is 0.396 e. The number of nitrogens with two attached hydrogens (primary N) is 1. The van der Waals surface area contributed by atoms with Crippen molar-refractivity contribution in [1.82, 2.24) is 14.6 Å². The van der Waals surface area contributed by atoms with Gasteiger partial charge in [0.05, 0.1) is 5.69 Å². The van der Waals surface area contributed by atoms with E-state index in [2.05, 4.69) is 14.6 Å². The molecule has 1 aromatic rings. The molecule has 1 atom stereocenters. The van der Waals surface area contributed by atoms with Crippen molar-refractivity contribution in [3.63, 3.8) is 0 Å². The van der Waals surface area contributed by atoms with Gasteiger partial charge in [0.25, 0.3) is 10.0 Å². The molecule has 1 saturated heterocycles. The zero-order valence-corrected chi connectivity index (χ0v) is 11.2. The smallest absolute Gasteiger partial charge is 0.260 e. The van der Waals surface area contributed by atoms with Crippen molar-refractivity contribution in [2.45, 2.75) is 23.9 Å². The van der Waals surface area contributed by atoms with Crippen molar-refractivity contribution in [3.05, 3.63) is 18.3 Å². The SMILES string of the molecule is CN1CCCC(NS(=O)(=O)c2ncccc2N)C1. The van der Waals surface area contributed by atoms with Crippen LogP contribution < -0.4 is 10.5 Å². The molecule has 0 aromatic carbocycles. The molecule has 0 spiro atoms. The van der Waals surface area contributed by atoms with Gasteiger partial charge in [-0.25, -0.2) is 18.1 Å². The first-order chi connectivity index (χ1) is 8.49. The Balaban J connectivity index is 2.15. The number of rotatable bonds is 3. The van der Waals surface area contributed by atoms with E-state index in [0.717, 1.165) is 19.4 Å². The van der Waals surface area contributed by atoms with Crippen LogP contribution in [0.2, 0.25) is 0 Å². The minimum absolute atomic E-state index is 0.0739. The molecule has 1 aliphatic heterocycles. The fraction of sp³-hybridized carbons (Fsp3) is 0.545. The summed E-state index contributed by atoms with van der Waals surface area (Å²) in [6.07, 6.45) is 3.26. The Hall–Kier alpha value is -1.18. The molecule has 0 amide bonds. The summed E-state index contributed by atoms with van der Waals surface area (Å²) in [5, 5.41) is -0.0850. The number of aromatic nitrogens is 1. The summed E-state index contributed by atoms with van der Waals surface area (Å²) in [4.78, 5) is 5.95. The third kappa shape index (κ3) is 2.98. The highest BCUT2D eigenvalue weighted by molar-refractivity contribution is 7.89. The number of pyridine rings is 1. The minimum atomic E-state index is -3.63. The van der Waals surface area contributed by atoms with Crippen molar-refractivity contribution in [1.29, 1.82) is 0 Å². The van der Waals surface area contributed by atoms with Gasteiger partial charge in [0.1, 0.15) is 0 Å². The molecule has 100 valence electrons. The fourth-order valence-corrected chi connectivity index (χ4v) is 3.49. The standard InChI is InChI=1S/C11H18N4O2S/c1-15-7-3-4-9(8-15)14-18(16,17)11-10(12)5-2-6-13-11/h2,5-6,9,14H,3-4,7-8,12H2,1H3. The maximum atomic E-state index is 12.2. The molecule has 1 unspecified atom stereocenters. The summed E-state index contributed by atoms with van der Waals surface area (Å²) >= 11 is 0. The van der Waals surface area contributed by atoms with Crippen LogP contribution in [-0.2, 0) is 10.0 Å². The van der Waals surface area contributed by atoms with Gasteiger partial charge in [-0.3, -0.25) is 0 Å². The molecule has 7 heteroatoms. The Labute approximate surface area is 107 Å². The second-order valence-electron chi connectivity index (χ2n) is 4.62. The predicted octanol–water partition coefficient (Wildman–Crippen LogP) is 0.0363. The van der Waals surface area contributed by atoms with Crippen LogP contribution in [0.25, 0.3) is 0 Å². The van der Waals surface area contributed by atoms with Crippen molar-refractivity contribution in [2.75, 3.05) is 25.9 Å². The van der Waals surface area contributed by atoms with Gasteiger partial charge >= 0.3 is 0 Å². The summed E-state index contributed by atoms with van der Waals surface area (Å²) in [5.41, 5.74) is 5.82. The van der Waals surface area contributed by atoms with Gasteiger partial charge in [-0.2, -0.15) is 0 Å². The van der Waals surface area contributed by atoms with Gasteiger partial charge < -0.3 is 10.6 Å². The average molecular weight is 270 g/mol. The second-order valence-corrected chi connectivity index (χ2v) is 6.25. The molecule has 1 fully saturated rings. The minimum Gasteiger partial charge on any atom is -0.396 e. The zero-order chi connectivity index (χ0) is 13.2. The van der Waals surface area contributed by atoms with Crippen LogP contribution >= 0.6 is 0 Å². The van der Waals surface area contributed by atoms with Gasteiger partial charge in [-0.15, -0.1) is 0 Å². The highest BCUT2D eigenvalue weighted by Gasteiger charge is 2.25. The van der Waals surface area contributed by atoms with E-state index in [9.17, 15) is 8.42 Å². The molecular weight excluding hydrogens is 252 g/mol. The Morgan fingerprint density at radius 2 is 2.33 bits per heavy atom. The Morgan fingerprint density at radius 3 is 3.00 bits per heavy atom.